The smallest absolute Gasteiger partial charge is 0.253 e. The molecule has 5 rings (SSSR count). The van der Waals surface area contributed by atoms with Gasteiger partial charge in [0.15, 0.2) is 5.16 Å². The van der Waals surface area contributed by atoms with Crippen LogP contribution < -0.4 is 4.90 Å². The highest BCUT2D eigenvalue weighted by Gasteiger charge is 2.22. The second-order valence-corrected chi connectivity index (χ2v) is 8.50. The number of imidazole rings is 1. The van der Waals surface area contributed by atoms with Crippen molar-refractivity contribution in [2.75, 3.05) is 31.1 Å². The molecule has 0 aliphatic carbocycles. The monoisotopic (exact) mass is 429 g/mol. The van der Waals surface area contributed by atoms with E-state index in [2.05, 4.69) is 44.1 Å². The zero-order chi connectivity index (χ0) is 21.0. The van der Waals surface area contributed by atoms with Gasteiger partial charge in [-0.2, -0.15) is 0 Å². The van der Waals surface area contributed by atoms with Crippen LogP contribution in [-0.4, -0.2) is 51.9 Å². The highest BCUT2D eigenvalue weighted by atomic mass is 32.2. The number of benzene rings is 2. The first kappa shape index (κ1) is 19.6. The van der Waals surface area contributed by atoms with Gasteiger partial charge in [-0.25, -0.2) is 4.98 Å². The molecule has 7 heteroatoms. The molecule has 3 heterocycles. The maximum atomic E-state index is 12.9. The number of piperazine rings is 1. The first-order valence-electron chi connectivity index (χ1n) is 10.4. The van der Waals surface area contributed by atoms with Gasteiger partial charge in [0.2, 0.25) is 0 Å². The van der Waals surface area contributed by atoms with E-state index in [1.54, 1.807) is 24.2 Å². The molecule has 156 valence electrons. The average molecular weight is 430 g/mol. The Morgan fingerprint density at radius 1 is 0.968 bits per heavy atom. The van der Waals surface area contributed by atoms with Gasteiger partial charge in [-0.1, -0.05) is 42.1 Å². The lowest BCUT2D eigenvalue weighted by Crippen LogP contribution is -2.48. The van der Waals surface area contributed by atoms with Gasteiger partial charge in [0.25, 0.3) is 5.91 Å². The fourth-order valence-electron chi connectivity index (χ4n) is 3.79. The summed E-state index contributed by atoms with van der Waals surface area (Å²) in [5, 5.41) is 0.874. The lowest BCUT2D eigenvalue weighted by molar-refractivity contribution is 0.0747. The van der Waals surface area contributed by atoms with Crippen molar-refractivity contribution in [1.29, 1.82) is 0 Å². The van der Waals surface area contributed by atoms with E-state index < -0.39 is 0 Å². The van der Waals surface area contributed by atoms with Crippen molar-refractivity contribution in [2.45, 2.75) is 10.9 Å². The average Bonchev–Trinajstić information content (AvgIpc) is 3.26. The lowest BCUT2D eigenvalue weighted by atomic mass is 10.1. The summed E-state index contributed by atoms with van der Waals surface area (Å²) in [5.41, 5.74) is 4.99. The molecule has 1 saturated heterocycles. The summed E-state index contributed by atoms with van der Waals surface area (Å²) in [6, 6.07) is 20.2. The first-order valence-corrected chi connectivity index (χ1v) is 11.4. The fourth-order valence-corrected chi connectivity index (χ4v) is 4.63. The van der Waals surface area contributed by atoms with Gasteiger partial charge in [0.1, 0.15) is 0 Å². The van der Waals surface area contributed by atoms with Gasteiger partial charge in [-0.05, 0) is 35.9 Å². The van der Waals surface area contributed by atoms with E-state index in [1.807, 2.05) is 41.3 Å². The number of pyridine rings is 1. The van der Waals surface area contributed by atoms with E-state index in [0.29, 0.717) is 0 Å². The van der Waals surface area contributed by atoms with Crippen molar-refractivity contribution in [3.63, 3.8) is 0 Å². The van der Waals surface area contributed by atoms with Gasteiger partial charge in [0.05, 0.1) is 17.2 Å². The van der Waals surface area contributed by atoms with E-state index in [9.17, 15) is 4.79 Å². The van der Waals surface area contributed by atoms with Crippen molar-refractivity contribution >= 4 is 34.4 Å². The number of hydrogen-bond donors (Lipinski definition) is 1. The molecule has 2 aromatic heterocycles. The van der Waals surface area contributed by atoms with E-state index in [4.69, 9.17) is 0 Å². The summed E-state index contributed by atoms with van der Waals surface area (Å²) in [6.45, 7) is 3.20. The molecular formula is C24H23N5OS. The number of rotatable bonds is 5. The summed E-state index contributed by atoms with van der Waals surface area (Å²) < 4.78 is 0. The minimum atomic E-state index is 0.108. The Bertz CT molecular complexity index is 1130. The predicted octanol–water partition coefficient (Wildman–Crippen LogP) is 4.21. The van der Waals surface area contributed by atoms with Crippen LogP contribution >= 0.6 is 11.8 Å². The predicted molar refractivity (Wildman–Crippen MR) is 124 cm³/mol. The largest absolute Gasteiger partial charge is 0.368 e. The summed E-state index contributed by atoms with van der Waals surface area (Å²) >= 11 is 1.64. The van der Waals surface area contributed by atoms with Crippen LogP contribution in [-0.2, 0) is 5.75 Å². The molecule has 0 unspecified atom stereocenters. The lowest BCUT2D eigenvalue weighted by Gasteiger charge is -2.36. The maximum Gasteiger partial charge on any atom is 0.253 e. The van der Waals surface area contributed by atoms with Crippen LogP contribution in [0.3, 0.4) is 0 Å². The normalized spacial score (nSPS) is 14.2. The second-order valence-electron chi connectivity index (χ2n) is 7.54. The van der Waals surface area contributed by atoms with Gasteiger partial charge in [0, 0.05) is 49.4 Å². The van der Waals surface area contributed by atoms with E-state index >= 15 is 0 Å². The van der Waals surface area contributed by atoms with E-state index in [-0.39, 0.29) is 5.91 Å². The van der Waals surface area contributed by atoms with Crippen molar-refractivity contribution in [3.05, 3.63) is 84.2 Å². The van der Waals surface area contributed by atoms with Crippen LogP contribution in [0.5, 0.6) is 0 Å². The molecule has 1 aliphatic rings. The van der Waals surface area contributed by atoms with E-state index in [0.717, 1.165) is 59.2 Å². The highest BCUT2D eigenvalue weighted by Crippen LogP contribution is 2.23. The molecule has 4 aromatic rings. The molecule has 1 N–H and O–H groups in total. The Morgan fingerprint density at radius 3 is 2.48 bits per heavy atom. The van der Waals surface area contributed by atoms with Crippen molar-refractivity contribution < 1.29 is 4.79 Å². The molecule has 0 saturated carbocycles. The number of nitrogens with zero attached hydrogens (tertiary/aromatic N) is 4. The molecule has 31 heavy (non-hydrogen) atoms. The third-order valence-corrected chi connectivity index (χ3v) is 6.47. The molecule has 0 atom stereocenters. The number of hydrogen-bond acceptors (Lipinski definition) is 5. The summed E-state index contributed by atoms with van der Waals surface area (Å²) in [6.07, 6.45) is 3.53. The number of aromatic nitrogens is 3. The molecule has 1 fully saturated rings. The third-order valence-electron chi connectivity index (χ3n) is 5.53. The molecular weight excluding hydrogens is 406 g/mol. The van der Waals surface area contributed by atoms with Gasteiger partial charge in [-0.15, -0.1) is 0 Å². The molecule has 0 bridgehead atoms. The van der Waals surface area contributed by atoms with Crippen LogP contribution in [0.25, 0.3) is 11.0 Å². The molecule has 2 aromatic carbocycles. The van der Waals surface area contributed by atoms with Crippen LogP contribution in [0.2, 0.25) is 0 Å². The standard InChI is InChI=1S/C24H23N5OS/c30-23(29-14-12-28(13-15-29)20-4-2-1-3-5-20)19-8-6-18(7-9-19)17-31-24-26-21-10-11-25-16-22(21)27-24/h1-11,16H,12-15,17H2,(H,26,27). The van der Waals surface area contributed by atoms with E-state index in [1.165, 1.54) is 5.69 Å². The van der Waals surface area contributed by atoms with Gasteiger partial charge >= 0.3 is 0 Å². The van der Waals surface area contributed by atoms with Crippen molar-refractivity contribution in [3.8, 4) is 0 Å². The Morgan fingerprint density at radius 2 is 1.74 bits per heavy atom. The van der Waals surface area contributed by atoms with Crippen molar-refractivity contribution in [2.24, 2.45) is 0 Å². The number of fused-ring (bicyclic) bond motifs is 1. The molecule has 0 radical (unpaired) electrons. The Hall–Kier alpha value is -3.32. The fraction of sp³-hybridized carbons (Fsp3) is 0.208. The number of thioether (sulfide) groups is 1. The van der Waals surface area contributed by atoms with Gasteiger partial charge in [-0.3, -0.25) is 9.78 Å². The zero-order valence-corrected chi connectivity index (χ0v) is 17.9. The van der Waals surface area contributed by atoms with Crippen LogP contribution in [0.1, 0.15) is 15.9 Å². The van der Waals surface area contributed by atoms with Crippen molar-refractivity contribution in [1.82, 2.24) is 19.9 Å². The second kappa shape index (κ2) is 8.81. The van der Waals surface area contributed by atoms with Crippen LogP contribution in [0.15, 0.2) is 78.2 Å². The van der Waals surface area contributed by atoms with Gasteiger partial charge < -0.3 is 14.8 Å². The number of anilines is 1. The minimum Gasteiger partial charge on any atom is -0.368 e. The number of aromatic amines is 1. The quantitative estimate of drug-likeness (QED) is 0.482. The molecule has 6 nitrogen and oxygen atoms in total. The number of para-hydroxylation sites is 1. The first-order chi connectivity index (χ1) is 15.3. The summed E-state index contributed by atoms with van der Waals surface area (Å²) in [5.74, 6) is 0.897. The third kappa shape index (κ3) is 4.41. The summed E-state index contributed by atoms with van der Waals surface area (Å²) in [7, 11) is 0. The van der Waals surface area contributed by atoms with Crippen LogP contribution in [0.4, 0.5) is 5.69 Å². The SMILES string of the molecule is O=C(c1ccc(CSc2nc3ccncc3[nH]2)cc1)N1CCN(c2ccccc2)CC1. The summed E-state index contributed by atoms with van der Waals surface area (Å²) in [4.78, 5) is 29.1. The number of H-pyrrole nitrogens is 1. The minimum absolute atomic E-state index is 0.108. The number of carbonyl (C=O) groups excluding carboxylic acids is 1. The highest BCUT2D eigenvalue weighted by molar-refractivity contribution is 7.98. The number of nitrogens with one attached hydrogen (secondary N) is 1. The topological polar surface area (TPSA) is 65.1 Å². The number of carbonyl (C=O) groups is 1. The zero-order valence-electron chi connectivity index (χ0n) is 17.1. The molecule has 1 amide bonds. The van der Waals surface area contributed by atoms with Crippen LogP contribution in [0, 0.1) is 0 Å². The Labute approximate surface area is 185 Å². The Balaban J connectivity index is 1.16. The maximum absolute atomic E-state index is 12.9. The Kier molecular flexibility index (Phi) is 5.58. The molecule has 1 aliphatic heterocycles. The number of amides is 1. The molecule has 0 spiro atoms.